The first-order valence-electron chi connectivity index (χ1n) is 5.72. The number of amides is 2. The normalized spacial score (nSPS) is 12.6. The van der Waals surface area contributed by atoms with Crippen molar-refractivity contribution in [3.05, 3.63) is 0 Å². The first-order chi connectivity index (χ1) is 7.88. The van der Waals surface area contributed by atoms with Gasteiger partial charge in [-0.3, -0.25) is 9.59 Å². The van der Waals surface area contributed by atoms with Gasteiger partial charge in [0.1, 0.15) is 6.04 Å². The molecule has 0 bridgehead atoms. The number of hydrogen-bond donors (Lipinski definition) is 3. The van der Waals surface area contributed by atoms with E-state index in [1.165, 1.54) is 0 Å². The third-order valence-corrected chi connectivity index (χ3v) is 2.20. The summed E-state index contributed by atoms with van der Waals surface area (Å²) in [7, 11) is 3.80. The summed E-state index contributed by atoms with van der Waals surface area (Å²) in [5.74, 6) is -0.811. The van der Waals surface area contributed by atoms with E-state index in [2.05, 4.69) is 10.6 Å². The molecule has 0 saturated heterocycles. The first kappa shape index (κ1) is 15.9. The summed E-state index contributed by atoms with van der Waals surface area (Å²) in [4.78, 5) is 24.9. The molecule has 100 valence electrons. The van der Waals surface area contributed by atoms with Crippen LogP contribution in [0.3, 0.4) is 0 Å². The number of carbonyl (C=O) groups excluding carboxylic acids is 2. The summed E-state index contributed by atoms with van der Waals surface area (Å²) in [5.41, 5.74) is 0. The van der Waals surface area contributed by atoms with Gasteiger partial charge in [0.2, 0.25) is 11.8 Å². The molecule has 6 nitrogen and oxygen atoms in total. The van der Waals surface area contributed by atoms with Crippen LogP contribution in [-0.2, 0) is 9.59 Å². The predicted molar refractivity (Wildman–Crippen MR) is 65.4 cm³/mol. The minimum absolute atomic E-state index is 0.210. The maximum Gasteiger partial charge on any atom is 0.245 e. The molecule has 6 heteroatoms. The molecular formula is C11H23N3O3. The monoisotopic (exact) mass is 245 g/mol. The van der Waals surface area contributed by atoms with Crippen LogP contribution in [0.15, 0.2) is 0 Å². The predicted octanol–water partition coefficient (Wildman–Crippen LogP) is -1.20. The van der Waals surface area contributed by atoms with E-state index in [0.29, 0.717) is 13.1 Å². The Labute approximate surface area is 102 Å². The summed E-state index contributed by atoms with van der Waals surface area (Å²) < 4.78 is 0. The number of likely N-dealkylation sites (N-methyl/N-ethyl adjacent to an activating group) is 1. The molecule has 0 aromatic rings. The molecule has 2 amide bonds. The fourth-order valence-electron chi connectivity index (χ4n) is 1.06. The number of nitrogens with one attached hydrogen (secondary N) is 2. The number of aliphatic hydroxyl groups excluding tert-OH is 1. The van der Waals surface area contributed by atoms with Crippen LogP contribution in [0.4, 0.5) is 0 Å². The van der Waals surface area contributed by atoms with Crippen LogP contribution in [0.1, 0.15) is 13.8 Å². The molecule has 0 saturated carbocycles. The van der Waals surface area contributed by atoms with Gasteiger partial charge in [0.15, 0.2) is 0 Å². The van der Waals surface area contributed by atoms with Crippen LogP contribution >= 0.6 is 0 Å². The molecule has 0 aromatic heterocycles. The fourth-order valence-corrected chi connectivity index (χ4v) is 1.06. The van der Waals surface area contributed by atoms with Gasteiger partial charge in [0.25, 0.3) is 0 Å². The van der Waals surface area contributed by atoms with E-state index in [4.69, 9.17) is 5.11 Å². The topological polar surface area (TPSA) is 81.7 Å². The first-order valence-corrected chi connectivity index (χ1v) is 5.72. The molecule has 0 fully saturated rings. The molecule has 0 heterocycles. The minimum Gasteiger partial charge on any atom is -0.394 e. The van der Waals surface area contributed by atoms with Crippen molar-refractivity contribution in [2.75, 3.05) is 33.8 Å². The number of aliphatic hydroxyl groups is 1. The van der Waals surface area contributed by atoms with Gasteiger partial charge in [0, 0.05) is 19.0 Å². The van der Waals surface area contributed by atoms with Gasteiger partial charge in [-0.25, -0.2) is 0 Å². The van der Waals surface area contributed by atoms with E-state index < -0.39 is 12.6 Å². The van der Waals surface area contributed by atoms with Crippen LogP contribution in [0.2, 0.25) is 0 Å². The SMILES string of the molecule is CC(C)C(=O)NC(CO)C(=O)NCCN(C)C. The summed E-state index contributed by atoms with van der Waals surface area (Å²) in [6.45, 7) is 4.26. The minimum atomic E-state index is -0.868. The van der Waals surface area contributed by atoms with Crippen molar-refractivity contribution in [1.82, 2.24) is 15.5 Å². The quantitative estimate of drug-likeness (QED) is 0.526. The summed E-state index contributed by atoms with van der Waals surface area (Å²) >= 11 is 0. The summed E-state index contributed by atoms with van der Waals surface area (Å²) in [5, 5.41) is 14.2. The molecule has 0 radical (unpaired) electrons. The van der Waals surface area contributed by atoms with E-state index in [9.17, 15) is 9.59 Å². The van der Waals surface area contributed by atoms with Crippen LogP contribution in [0, 0.1) is 5.92 Å². The zero-order chi connectivity index (χ0) is 13.4. The fraction of sp³-hybridized carbons (Fsp3) is 0.818. The highest BCUT2D eigenvalue weighted by Crippen LogP contribution is 1.93. The van der Waals surface area contributed by atoms with Crippen LogP contribution < -0.4 is 10.6 Å². The highest BCUT2D eigenvalue weighted by molar-refractivity contribution is 5.88. The van der Waals surface area contributed by atoms with Gasteiger partial charge in [-0.2, -0.15) is 0 Å². The summed E-state index contributed by atoms with van der Waals surface area (Å²) in [6.07, 6.45) is 0. The molecular weight excluding hydrogens is 222 g/mol. The van der Waals surface area contributed by atoms with Crippen molar-refractivity contribution in [3.8, 4) is 0 Å². The van der Waals surface area contributed by atoms with E-state index in [-0.39, 0.29) is 17.7 Å². The van der Waals surface area contributed by atoms with Crippen molar-refractivity contribution in [1.29, 1.82) is 0 Å². The second kappa shape index (κ2) is 8.03. The molecule has 0 aromatic carbocycles. The molecule has 0 rings (SSSR count). The lowest BCUT2D eigenvalue weighted by molar-refractivity contribution is -0.131. The van der Waals surface area contributed by atoms with Crippen LogP contribution in [0.5, 0.6) is 0 Å². The lowest BCUT2D eigenvalue weighted by Gasteiger charge is -2.18. The number of hydrogen-bond acceptors (Lipinski definition) is 4. The average molecular weight is 245 g/mol. The van der Waals surface area contributed by atoms with Crippen molar-refractivity contribution in [2.45, 2.75) is 19.9 Å². The van der Waals surface area contributed by atoms with Gasteiger partial charge in [-0.15, -0.1) is 0 Å². The molecule has 1 unspecified atom stereocenters. The number of rotatable bonds is 7. The number of nitrogens with zero attached hydrogens (tertiary/aromatic N) is 1. The lowest BCUT2D eigenvalue weighted by atomic mass is 10.2. The van der Waals surface area contributed by atoms with Gasteiger partial charge in [-0.05, 0) is 14.1 Å². The van der Waals surface area contributed by atoms with Crippen molar-refractivity contribution in [3.63, 3.8) is 0 Å². The molecule has 3 N–H and O–H groups in total. The van der Waals surface area contributed by atoms with Crippen molar-refractivity contribution < 1.29 is 14.7 Å². The van der Waals surface area contributed by atoms with Gasteiger partial charge in [0.05, 0.1) is 6.61 Å². The Kier molecular flexibility index (Phi) is 7.49. The zero-order valence-corrected chi connectivity index (χ0v) is 11.0. The average Bonchev–Trinajstić information content (AvgIpc) is 2.24. The Morgan fingerprint density at radius 2 is 1.82 bits per heavy atom. The van der Waals surface area contributed by atoms with E-state index in [1.54, 1.807) is 13.8 Å². The molecule has 17 heavy (non-hydrogen) atoms. The Bertz CT molecular complexity index is 254. The van der Waals surface area contributed by atoms with Crippen LogP contribution in [0.25, 0.3) is 0 Å². The molecule has 0 aliphatic heterocycles. The van der Waals surface area contributed by atoms with Crippen molar-refractivity contribution in [2.24, 2.45) is 5.92 Å². The molecule has 1 atom stereocenters. The second-order valence-electron chi connectivity index (χ2n) is 4.49. The third kappa shape index (κ3) is 6.91. The maximum absolute atomic E-state index is 11.6. The highest BCUT2D eigenvalue weighted by Gasteiger charge is 2.20. The Morgan fingerprint density at radius 3 is 2.24 bits per heavy atom. The van der Waals surface area contributed by atoms with Gasteiger partial charge < -0.3 is 20.6 Å². The zero-order valence-electron chi connectivity index (χ0n) is 11.0. The van der Waals surface area contributed by atoms with E-state index in [1.807, 2.05) is 19.0 Å². The lowest BCUT2D eigenvalue weighted by Crippen LogP contribution is -2.50. The molecule has 0 spiro atoms. The van der Waals surface area contributed by atoms with E-state index >= 15 is 0 Å². The Balaban J connectivity index is 4.08. The maximum atomic E-state index is 11.6. The molecule has 0 aliphatic carbocycles. The van der Waals surface area contributed by atoms with Gasteiger partial charge >= 0.3 is 0 Å². The Morgan fingerprint density at radius 1 is 1.24 bits per heavy atom. The highest BCUT2D eigenvalue weighted by atomic mass is 16.3. The standard InChI is InChI=1S/C11H23N3O3/c1-8(2)10(16)13-9(7-15)11(17)12-5-6-14(3)4/h8-9,15H,5-7H2,1-4H3,(H,12,17)(H,13,16). The third-order valence-electron chi connectivity index (χ3n) is 2.20. The van der Waals surface area contributed by atoms with Crippen molar-refractivity contribution >= 4 is 11.8 Å². The van der Waals surface area contributed by atoms with Crippen LogP contribution in [-0.4, -0.2) is 61.7 Å². The smallest absolute Gasteiger partial charge is 0.245 e. The number of carbonyl (C=O) groups is 2. The second-order valence-corrected chi connectivity index (χ2v) is 4.49. The Hall–Kier alpha value is -1.14. The summed E-state index contributed by atoms with van der Waals surface area (Å²) in [6, 6.07) is -0.868. The largest absolute Gasteiger partial charge is 0.394 e. The van der Waals surface area contributed by atoms with E-state index in [0.717, 1.165) is 0 Å². The molecule has 0 aliphatic rings. The van der Waals surface area contributed by atoms with Gasteiger partial charge in [-0.1, -0.05) is 13.8 Å².